The molecule has 21 heavy (non-hydrogen) atoms. The van der Waals surface area contributed by atoms with E-state index in [0.717, 1.165) is 6.54 Å². The molecule has 0 heterocycles. The molecule has 1 amide bonds. The van der Waals surface area contributed by atoms with Gasteiger partial charge in [-0.15, -0.1) is 0 Å². The third kappa shape index (κ3) is 4.93. The summed E-state index contributed by atoms with van der Waals surface area (Å²) in [6.45, 7) is 6.38. The molecule has 0 aliphatic carbocycles. The topological polar surface area (TPSA) is 58.8 Å². The van der Waals surface area contributed by atoms with Gasteiger partial charge < -0.3 is 20.3 Å². The van der Waals surface area contributed by atoms with Crippen LogP contribution in [0.1, 0.15) is 24.2 Å². The van der Waals surface area contributed by atoms with Crippen LogP contribution in [0.3, 0.4) is 0 Å². The predicted octanol–water partition coefficient (Wildman–Crippen LogP) is 1.94. The molecule has 0 aliphatic heterocycles. The van der Waals surface area contributed by atoms with Gasteiger partial charge in [-0.25, -0.2) is 0 Å². The van der Waals surface area contributed by atoms with E-state index in [4.69, 9.17) is 10.5 Å². The smallest absolute Gasteiger partial charge is 0.259 e. The number of methoxy groups -OCH3 is 1. The van der Waals surface area contributed by atoms with Crippen molar-refractivity contribution < 1.29 is 9.53 Å². The highest BCUT2D eigenvalue weighted by atomic mass is 16.5. The van der Waals surface area contributed by atoms with Crippen LogP contribution < -0.4 is 10.5 Å². The van der Waals surface area contributed by atoms with E-state index in [1.54, 1.807) is 25.3 Å². The quantitative estimate of drug-likeness (QED) is 0.781. The van der Waals surface area contributed by atoms with Gasteiger partial charge in [-0.1, -0.05) is 19.9 Å². The lowest BCUT2D eigenvalue weighted by molar-refractivity contribution is 0.0722. The maximum absolute atomic E-state index is 12.8. The van der Waals surface area contributed by atoms with Crippen molar-refractivity contribution in [1.29, 1.82) is 0 Å². The standard InChI is InChI=1S/C16H27N3O2/c1-12(2)11-19(10-9-18(3)4)16(20)15-13(17)7-6-8-14(15)21-5/h6-8,12H,9-11,17H2,1-5H3. The second kappa shape index (κ2) is 7.88. The van der Waals surface area contributed by atoms with Gasteiger partial charge in [-0.2, -0.15) is 0 Å². The van der Waals surface area contributed by atoms with Crippen LogP contribution in [0, 0.1) is 5.92 Å². The Labute approximate surface area is 127 Å². The van der Waals surface area contributed by atoms with E-state index in [1.807, 2.05) is 19.0 Å². The minimum absolute atomic E-state index is 0.0690. The van der Waals surface area contributed by atoms with Crippen LogP contribution in [0.15, 0.2) is 18.2 Å². The molecule has 0 bridgehead atoms. The van der Waals surface area contributed by atoms with Gasteiger partial charge in [0.25, 0.3) is 5.91 Å². The number of anilines is 1. The number of carbonyl (C=O) groups is 1. The van der Waals surface area contributed by atoms with Crippen molar-refractivity contribution >= 4 is 11.6 Å². The molecule has 0 radical (unpaired) electrons. The van der Waals surface area contributed by atoms with E-state index in [1.165, 1.54) is 0 Å². The zero-order valence-corrected chi connectivity index (χ0v) is 13.7. The summed E-state index contributed by atoms with van der Waals surface area (Å²) in [6.07, 6.45) is 0. The summed E-state index contributed by atoms with van der Waals surface area (Å²) in [5, 5.41) is 0. The normalized spacial score (nSPS) is 11.0. The first kappa shape index (κ1) is 17.3. The van der Waals surface area contributed by atoms with Gasteiger partial charge in [-0.3, -0.25) is 4.79 Å². The number of nitrogens with zero attached hydrogens (tertiary/aromatic N) is 2. The number of nitrogens with two attached hydrogens (primary N) is 1. The van der Waals surface area contributed by atoms with Gasteiger partial charge in [0.1, 0.15) is 11.3 Å². The molecule has 1 aromatic rings. The Hall–Kier alpha value is -1.75. The van der Waals surface area contributed by atoms with Gasteiger partial charge in [0.2, 0.25) is 0 Å². The first-order valence-corrected chi connectivity index (χ1v) is 7.23. The zero-order chi connectivity index (χ0) is 16.0. The number of amides is 1. The van der Waals surface area contributed by atoms with Crippen LogP contribution in [-0.2, 0) is 0 Å². The summed E-state index contributed by atoms with van der Waals surface area (Å²) in [6, 6.07) is 5.29. The molecular weight excluding hydrogens is 266 g/mol. The number of likely N-dealkylation sites (N-methyl/N-ethyl adjacent to an activating group) is 1. The van der Waals surface area contributed by atoms with Gasteiger partial charge >= 0.3 is 0 Å². The van der Waals surface area contributed by atoms with Crippen molar-refractivity contribution in [2.24, 2.45) is 5.92 Å². The molecule has 0 spiro atoms. The second-order valence-corrected chi connectivity index (χ2v) is 5.87. The fourth-order valence-electron chi connectivity index (χ4n) is 2.14. The fourth-order valence-corrected chi connectivity index (χ4v) is 2.14. The number of nitrogen functional groups attached to an aromatic ring is 1. The number of hydrogen-bond acceptors (Lipinski definition) is 4. The van der Waals surface area contributed by atoms with Crippen molar-refractivity contribution in [2.45, 2.75) is 13.8 Å². The average Bonchev–Trinajstić information content (AvgIpc) is 2.41. The Kier molecular flexibility index (Phi) is 6.49. The molecule has 1 rings (SSSR count). The average molecular weight is 293 g/mol. The Morgan fingerprint density at radius 3 is 2.48 bits per heavy atom. The minimum atomic E-state index is -0.0690. The van der Waals surface area contributed by atoms with Crippen LogP contribution in [0.4, 0.5) is 5.69 Å². The number of rotatable bonds is 7. The summed E-state index contributed by atoms with van der Waals surface area (Å²) in [7, 11) is 5.54. The van der Waals surface area contributed by atoms with Crippen molar-refractivity contribution in [3.63, 3.8) is 0 Å². The molecule has 0 saturated heterocycles. The molecule has 0 saturated carbocycles. The van der Waals surface area contributed by atoms with Crippen molar-refractivity contribution in [2.75, 3.05) is 46.6 Å². The summed E-state index contributed by atoms with van der Waals surface area (Å²) in [5.74, 6) is 0.853. The summed E-state index contributed by atoms with van der Waals surface area (Å²) < 4.78 is 5.29. The predicted molar refractivity (Wildman–Crippen MR) is 86.7 cm³/mol. The summed E-state index contributed by atoms with van der Waals surface area (Å²) >= 11 is 0. The van der Waals surface area contributed by atoms with E-state index in [-0.39, 0.29) is 5.91 Å². The maximum Gasteiger partial charge on any atom is 0.259 e. The summed E-state index contributed by atoms with van der Waals surface area (Å²) in [4.78, 5) is 16.7. The third-order valence-corrected chi connectivity index (χ3v) is 3.18. The minimum Gasteiger partial charge on any atom is -0.496 e. The monoisotopic (exact) mass is 293 g/mol. The molecule has 0 unspecified atom stereocenters. The van der Waals surface area contributed by atoms with Crippen molar-refractivity contribution in [3.05, 3.63) is 23.8 Å². The number of benzene rings is 1. The molecular formula is C16H27N3O2. The molecule has 5 heteroatoms. The molecule has 0 atom stereocenters. The second-order valence-electron chi connectivity index (χ2n) is 5.87. The van der Waals surface area contributed by atoms with E-state index >= 15 is 0 Å². The fraction of sp³-hybridized carbons (Fsp3) is 0.562. The molecule has 118 valence electrons. The van der Waals surface area contributed by atoms with Crippen LogP contribution in [-0.4, -0.2) is 56.5 Å². The number of ether oxygens (including phenoxy) is 1. The largest absolute Gasteiger partial charge is 0.496 e. The van der Waals surface area contributed by atoms with Gasteiger partial charge in [0.05, 0.1) is 7.11 Å². The zero-order valence-electron chi connectivity index (χ0n) is 13.7. The first-order chi connectivity index (χ1) is 9.86. The highest BCUT2D eigenvalue weighted by Gasteiger charge is 2.22. The van der Waals surface area contributed by atoms with Gasteiger partial charge in [0.15, 0.2) is 0 Å². The van der Waals surface area contributed by atoms with Crippen LogP contribution in [0.5, 0.6) is 5.75 Å². The lowest BCUT2D eigenvalue weighted by atomic mass is 10.1. The molecule has 0 fully saturated rings. The van der Waals surface area contributed by atoms with Crippen LogP contribution in [0.2, 0.25) is 0 Å². The maximum atomic E-state index is 12.8. The Balaban J connectivity index is 3.04. The third-order valence-electron chi connectivity index (χ3n) is 3.18. The Bertz CT molecular complexity index is 473. The Morgan fingerprint density at radius 1 is 1.29 bits per heavy atom. The Morgan fingerprint density at radius 2 is 1.95 bits per heavy atom. The van der Waals surface area contributed by atoms with Crippen molar-refractivity contribution in [1.82, 2.24) is 9.80 Å². The van der Waals surface area contributed by atoms with Gasteiger partial charge in [0, 0.05) is 25.3 Å². The van der Waals surface area contributed by atoms with Crippen molar-refractivity contribution in [3.8, 4) is 5.75 Å². The highest BCUT2D eigenvalue weighted by Crippen LogP contribution is 2.26. The number of hydrogen-bond donors (Lipinski definition) is 1. The van der Waals surface area contributed by atoms with E-state index in [9.17, 15) is 4.79 Å². The van der Waals surface area contributed by atoms with E-state index in [0.29, 0.717) is 36.0 Å². The van der Waals surface area contributed by atoms with Crippen LogP contribution in [0.25, 0.3) is 0 Å². The molecule has 0 aromatic heterocycles. The molecule has 1 aromatic carbocycles. The highest BCUT2D eigenvalue weighted by molar-refractivity contribution is 6.01. The molecule has 2 N–H and O–H groups in total. The lowest BCUT2D eigenvalue weighted by Crippen LogP contribution is -2.39. The van der Waals surface area contributed by atoms with E-state index < -0.39 is 0 Å². The summed E-state index contributed by atoms with van der Waals surface area (Å²) in [5.41, 5.74) is 6.90. The van der Waals surface area contributed by atoms with E-state index in [2.05, 4.69) is 18.7 Å². The first-order valence-electron chi connectivity index (χ1n) is 7.23. The molecule has 0 aliphatic rings. The van der Waals surface area contributed by atoms with Gasteiger partial charge in [-0.05, 0) is 32.1 Å². The molecule has 5 nitrogen and oxygen atoms in total. The SMILES string of the molecule is COc1cccc(N)c1C(=O)N(CCN(C)C)CC(C)C. The van der Waals surface area contributed by atoms with Crippen LogP contribution >= 0.6 is 0 Å². The number of carbonyl (C=O) groups excluding carboxylic acids is 1. The lowest BCUT2D eigenvalue weighted by Gasteiger charge is -2.27.